The number of anilines is 1. The van der Waals surface area contributed by atoms with Gasteiger partial charge in [0.1, 0.15) is 0 Å². The SMILES string of the molecule is Cc1cc(C)c2nc(N(Cc3ccccn3)C(=O)CN(C)S(C)(=O)=O)sc2c1. The summed E-state index contributed by atoms with van der Waals surface area (Å²) < 4.78 is 25.5. The molecule has 0 saturated carbocycles. The van der Waals surface area contributed by atoms with Crippen LogP contribution in [0.2, 0.25) is 0 Å². The summed E-state index contributed by atoms with van der Waals surface area (Å²) in [5.41, 5.74) is 3.71. The van der Waals surface area contributed by atoms with E-state index in [4.69, 9.17) is 0 Å². The molecule has 2 heterocycles. The topological polar surface area (TPSA) is 83.5 Å². The maximum atomic E-state index is 13.0. The molecule has 0 spiro atoms. The van der Waals surface area contributed by atoms with Gasteiger partial charge in [-0.15, -0.1) is 0 Å². The maximum absolute atomic E-state index is 13.0. The number of nitrogens with zero attached hydrogens (tertiary/aromatic N) is 4. The molecule has 3 rings (SSSR count). The molecule has 0 fully saturated rings. The van der Waals surface area contributed by atoms with E-state index in [1.165, 1.54) is 23.3 Å². The number of sulfonamides is 1. The van der Waals surface area contributed by atoms with Crippen molar-refractivity contribution in [3.05, 3.63) is 53.3 Å². The average Bonchev–Trinajstić information content (AvgIpc) is 3.03. The van der Waals surface area contributed by atoms with Gasteiger partial charge < -0.3 is 0 Å². The fourth-order valence-electron chi connectivity index (χ4n) is 2.78. The molecule has 0 atom stereocenters. The Balaban J connectivity index is 2.00. The van der Waals surface area contributed by atoms with Gasteiger partial charge in [-0.1, -0.05) is 23.5 Å². The number of hydrogen-bond donors (Lipinski definition) is 0. The summed E-state index contributed by atoms with van der Waals surface area (Å²) in [6, 6.07) is 9.56. The van der Waals surface area contributed by atoms with Crippen LogP contribution in [0, 0.1) is 13.8 Å². The van der Waals surface area contributed by atoms with Gasteiger partial charge >= 0.3 is 0 Å². The second kappa shape index (κ2) is 7.94. The maximum Gasteiger partial charge on any atom is 0.244 e. The van der Waals surface area contributed by atoms with Crippen LogP contribution in [0.15, 0.2) is 36.5 Å². The Kier molecular flexibility index (Phi) is 5.78. The lowest BCUT2D eigenvalue weighted by Crippen LogP contribution is -2.40. The third kappa shape index (κ3) is 4.54. The van der Waals surface area contributed by atoms with Crippen molar-refractivity contribution < 1.29 is 13.2 Å². The van der Waals surface area contributed by atoms with Crippen molar-refractivity contribution in [3.63, 3.8) is 0 Å². The van der Waals surface area contributed by atoms with Gasteiger partial charge in [-0.25, -0.2) is 13.4 Å². The predicted molar refractivity (Wildman–Crippen MR) is 112 cm³/mol. The third-order valence-corrected chi connectivity index (χ3v) is 6.61. The largest absolute Gasteiger partial charge is 0.281 e. The number of carbonyl (C=O) groups is 1. The Labute approximate surface area is 168 Å². The Bertz CT molecular complexity index is 1110. The zero-order chi connectivity index (χ0) is 20.5. The number of thiazole rings is 1. The standard InChI is InChI=1S/C19H22N4O3S2/c1-13-9-14(2)18-16(10-13)27-19(21-18)23(11-15-7-5-6-8-20-15)17(24)12-22(3)28(4,25)26/h5-10H,11-12H2,1-4H3. The highest BCUT2D eigenvalue weighted by atomic mass is 32.2. The number of pyridine rings is 1. The molecule has 2 aromatic heterocycles. The van der Waals surface area contributed by atoms with E-state index in [9.17, 15) is 13.2 Å². The van der Waals surface area contributed by atoms with Gasteiger partial charge in [0.15, 0.2) is 5.13 Å². The number of amides is 1. The molecule has 9 heteroatoms. The first-order chi connectivity index (χ1) is 13.1. The monoisotopic (exact) mass is 418 g/mol. The summed E-state index contributed by atoms with van der Waals surface area (Å²) in [6.07, 6.45) is 2.74. The first-order valence-corrected chi connectivity index (χ1v) is 11.3. The zero-order valence-electron chi connectivity index (χ0n) is 16.2. The van der Waals surface area contributed by atoms with Gasteiger partial charge in [0.25, 0.3) is 0 Å². The molecule has 0 unspecified atom stereocenters. The fourth-order valence-corrected chi connectivity index (χ4v) is 4.29. The van der Waals surface area contributed by atoms with E-state index in [-0.39, 0.29) is 19.0 Å². The second-order valence-electron chi connectivity index (χ2n) is 6.74. The van der Waals surface area contributed by atoms with Crippen LogP contribution in [-0.4, -0.2) is 48.4 Å². The van der Waals surface area contributed by atoms with Crippen LogP contribution in [0.4, 0.5) is 5.13 Å². The summed E-state index contributed by atoms with van der Waals surface area (Å²) in [5, 5.41) is 0.529. The molecule has 7 nitrogen and oxygen atoms in total. The minimum absolute atomic E-state index is 0.217. The number of benzene rings is 1. The van der Waals surface area contributed by atoms with Crippen molar-refractivity contribution in [1.82, 2.24) is 14.3 Å². The van der Waals surface area contributed by atoms with Gasteiger partial charge in [0.05, 0.1) is 35.3 Å². The van der Waals surface area contributed by atoms with E-state index in [1.807, 2.05) is 38.1 Å². The average molecular weight is 419 g/mol. The lowest BCUT2D eigenvalue weighted by atomic mass is 10.1. The highest BCUT2D eigenvalue weighted by molar-refractivity contribution is 7.88. The van der Waals surface area contributed by atoms with E-state index < -0.39 is 10.0 Å². The number of hydrogen-bond acceptors (Lipinski definition) is 6. The molecule has 148 valence electrons. The molecule has 0 radical (unpaired) electrons. The van der Waals surface area contributed by atoms with Crippen molar-refractivity contribution in [2.45, 2.75) is 20.4 Å². The molecule has 0 aliphatic heterocycles. The number of fused-ring (bicyclic) bond motifs is 1. The van der Waals surface area contributed by atoms with Crippen LogP contribution < -0.4 is 4.90 Å². The van der Waals surface area contributed by atoms with Crippen LogP contribution in [0.25, 0.3) is 10.2 Å². The van der Waals surface area contributed by atoms with Gasteiger partial charge in [-0.3, -0.25) is 14.7 Å². The molecule has 0 saturated heterocycles. The number of aryl methyl sites for hydroxylation is 2. The molecule has 1 aromatic carbocycles. The third-order valence-electron chi connectivity index (χ3n) is 4.32. The van der Waals surface area contributed by atoms with E-state index in [0.717, 1.165) is 31.9 Å². The normalized spacial score (nSPS) is 11.9. The molecule has 28 heavy (non-hydrogen) atoms. The minimum atomic E-state index is -3.47. The highest BCUT2D eigenvalue weighted by Gasteiger charge is 2.25. The Morgan fingerprint density at radius 1 is 1.21 bits per heavy atom. The van der Waals surface area contributed by atoms with Crippen LogP contribution in [0.1, 0.15) is 16.8 Å². The Morgan fingerprint density at radius 2 is 1.96 bits per heavy atom. The highest BCUT2D eigenvalue weighted by Crippen LogP contribution is 2.32. The number of aromatic nitrogens is 2. The van der Waals surface area contributed by atoms with E-state index in [2.05, 4.69) is 9.97 Å². The van der Waals surface area contributed by atoms with Crippen LogP contribution in [0.5, 0.6) is 0 Å². The van der Waals surface area contributed by atoms with Gasteiger partial charge in [0.2, 0.25) is 15.9 Å². The summed E-state index contributed by atoms with van der Waals surface area (Å²) in [6.45, 7) is 3.96. The fraction of sp³-hybridized carbons (Fsp3) is 0.316. The summed E-state index contributed by atoms with van der Waals surface area (Å²) in [7, 11) is -2.08. The first-order valence-electron chi connectivity index (χ1n) is 8.64. The van der Waals surface area contributed by atoms with Crippen LogP contribution in [0.3, 0.4) is 0 Å². The predicted octanol–water partition coefficient (Wildman–Crippen LogP) is 2.73. The van der Waals surface area contributed by atoms with Gasteiger partial charge in [0, 0.05) is 13.2 Å². The molecular formula is C19H22N4O3S2. The molecule has 0 N–H and O–H groups in total. The van der Waals surface area contributed by atoms with Gasteiger partial charge in [-0.05, 0) is 43.2 Å². The van der Waals surface area contributed by atoms with E-state index in [0.29, 0.717) is 10.8 Å². The summed E-state index contributed by atoms with van der Waals surface area (Å²) in [5.74, 6) is -0.355. The molecular weight excluding hydrogens is 396 g/mol. The minimum Gasteiger partial charge on any atom is -0.281 e. The van der Waals surface area contributed by atoms with Crippen molar-refractivity contribution >= 4 is 42.6 Å². The van der Waals surface area contributed by atoms with Crippen molar-refractivity contribution in [2.24, 2.45) is 0 Å². The molecule has 3 aromatic rings. The Hall–Kier alpha value is -2.36. The molecule has 0 aliphatic carbocycles. The number of likely N-dealkylation sites (N-methyl/N-ethyl adjacent to an activating group) is 1. The number of carbonyl (C=O) groups excluding carboxylic acids is 1. The van der Waals surface area contributed by atoms with Crippen LogP contribution >= 0.6 is 11.3 Å². The smallest absolute Gasteiger partial charge is 0.244 e. The summed E-state index contributed by atoms with van der Waals surface area (Å²) in [4.78, 5) is 23.5. The van der Waals surface area contributed by atoms with Crippen molar-refractivity contribution in [1.29, 1.82) is 0 Å². The Morgan fingerprint density at radius 3 is 2.61 bits per heavy atom. The molecule has 0 bridgehead atoms. The van der Waals surface area contributed by atoms with Gasteiger partial charge in [-0.2, -0.15) is 4.31 Å². The molecule has 0 aliphatic rings. The second-order valence-corrected chi connectivity index (χ2v) is 9.84. The van der Waals surface area contributed by atoms with Crippen molar-refractivity contribution in [2.75, 3.05) is 24.7 Å². The number of rotatable bonds is 6. The van der Waals surface area contributed by atoms with Crippen LogP contribution in [-0.2, 0) is 21.4 Å². The lowest BCUT2D eigenvalue weighted by Gasteiger charge is -2.22. The van der Waals surface area contributed by atoms with Crippen molar-refractivity contribution in [3.8, 4) is 0 Å². The lowest BCUT2D eigenvalue weighted by molar-refractivity contribution is -0.118. The zero-order valence-corrected chi connectivity index (χ0v) is 17.8. The summed E-state index contributed by atoms with van der Waals surface area (Å²) >= 11 is 1.41. The quantitative estimate of drug-likeness (QED) is 0.615. The first kappa shape index (κ1) is 20.4. The molecule has 1 amide bonds. The van der Waals surface area contributed by atoms with E-state index in [1.54, 1.807) is 12.3 Å². The van der Waals surface area contributed by atoms with E-state index >= 15 is 0 Å².